The van der Waals surface area contributed by atoms with E-state index in [0.717, 1.165) is 11.1 Å². The van der Waals surface area contributed by atoms with Crippen LogP contribution in [0.1, 0.15) is 23.2 Å². The van der Waals surface area contributed by atoms with Crippen molar-refractivity contribution in [1.82, 2.24) is 20.2 Å². The van der Waals surface area contributed by atoms with Gasteiger partial charge in [0, 0.05) is 17.1 Å². The van der Waals surface area contributed by atoms with Crippen LogP contribution in [0.5, 0.6) is 0 Å². The SMILES string of the molecule is Cc1cc(Nc2nc([C@@H](O)c3ccc(F)cc3)nc3ccccc23)n[nH]1.O=S(=O)(O)c1ccccc1. The molecule has 0 radical (unpaired) electrons. The van der Waals surface area contributed by atoms with Gasteiger partial charge in [-0.05, 0) is 48.9 Å². The number of aryl methyl sites for hydroxylation is 1. The maximum Gasteiger partial charge on any atom is 0.294 e. The average molecular weight is 508 g/mol. The van der Waals surface area contributed by atoms with Crippen LogP contribution in [0.4, 0.5) is 16.0 Å². The van der Waals surface area contributed by atoms with Crippen molar-refractivity contribution < 1.29 is 22.5 Å². The molecule has 0 aliphatic carbocycles. The van der Waals surface area contributed by atoms with Crippen molar-refractivity contribution in [1.29, 1.82) is 0 Å². The first-order chi connectivity index (χ1) is 17.2. The number of hydrogen-bond acceptors (Lipinski definition) is 7. The predicted molar refractivity (Wildman–Crippen MR) is 133 cm³/mol. The summed E-state index contributed by atoms with van der Waals surface area (Å²) in [5, 5.41) is 21.6. The van der Waals surface area contributed by atoms with Gasteiger partial charge in [0.05, 0.1) is 10.4 Å². The number of aromatic amines is 1. The minimum atomic E-state index is -4.00. The van der Waals surface area contributed by atoms with Gasteiger partial charge >= 0.3 is 0 Å². The number of benzene rings is 3. The lowest BCUT2D eigenvalue weighted by Gasteiger charge is -2.13. The highest BCUT2D eigenvalue weighted by Crippen LogP contribution is 2.27. The molecule has 0 spiro atoms. The number of fused-ring (bicyclic) bond motifs is 1. The van der Waals surface area contributed by atoms with E-state index >= 15 is 0 Å². The summed E-state index contributed by atoms with van der Waals surface area (Å²) in [6.45, 7) is 1.90. The minimum Gasteiger partial charge on any atom is -0.380 e. The molecule has 5 aromatic rings. The zero-order valence-electron chi connectivity index (χ0n) is 19.0. The van der Waals surface area contributed by atoms with Crippen LogP contribution in [0, 0.1) is 12.7 Å². The molecule has 4 N–H and O–H groups in total. The molecule has 184 valence electrons. The maximum absolute atomic E-state index is 13.1. The van der Waals surface area contributed by atoms with Crippen LogP contribution >= 0.6 is 0 Å². The molecule has 36 heavy (non-hydrogen) atoms. The van der Waals surface area contributed by atoms with Crippen molar-refractivity contribution >= 4 is 32.7 Å². The highest BCUT2D eigenvalue weighted by Gasteiger charge is 2.17. The lowest BCUT2D eigenvalue weighted by Crippen LogP contribution is -2.08. The fraction of sp³-hybridized carbons (Fsp3) is 0.0800. The lowest BCUT2D eigenvalue weighted by molar-refractivity contribution is 0.210. The number of anilines is 2. The molecule has 0 aliphatic heterocycles. The van der Waals surface area contributed by atoms with Gasteiger partial charge in [0.15, 0.2) is 11.6 Å². The van der Waals surface area contributed by atoms with Crippen molar-refractivity contribution in [2.45, 2.75) is 17.9 Å². The molecule has 0 saturated heterocycles. The smallest absolute Gasteiger partial charge is 0.294 e. The summed E-state index contributed by atoms with van der Waals surface area (Å²) >= 11 is 0. The molecule has 0 saturated carbocycles. The summed E-state index contributed by atoms with van der Waals surface area (Å²) in [6, 6.07) is 22.4. The summed E-state index contributed by atoms with van der Waals surface area (Å²) in [5.74, 6) is 1.02. The summed E-state index contributed by atoms with van der Waals surface area (Å²) in [4.78, 5) is 8.87. The third-order valence-corrected chi connectivity index (χ3v) is 5.91. The molecule has 2 heterocycles. The second kappa shape index (κ2) is 10.6. The van der Waals surface area contributed by atoms with Gasteiger partial charge in [-0.2, -0.15) is 13.5 Å². The molecule has 2 aromatic heterocycles. The molecular formula is C25H22FN5O4S. The molecule has 1 atom stereocenters. The largest absolute Gasteiger partial charge is 0.380 e. The number of aromatic nitrogens is 4. The number of para-hydroxylation sites is 1. The van der Waals surface area contributed by atoms with Gasteiger partial charge in [-0.15, -0.1) is 0 Å². The third kappa shape index (κ3) is 6.08. The Hall–Kier alpha value is -4.19. The highest BCUT2D eigenvalue weighted by molar-refractivity contribution is 7.85. The lowest BCUT2D eigenvalue weighted by atomic mass is 10.1. The van der Waals surface area contributed by atoms with Crippen LogP contribution in [0.15, 0.2) is 89.8 Å². The first-order valence-corrected chi connectivity index (χ1v) is 12.2. The molecule has 5 rings (SSSR count). The molecule has 0 bridgehead atoms. The summed E-state index contributed by atoms with van der Waals surface area (Å²) in [7, 11) is -4.00. The molecule has 0 aliphatic rings. The predicted octanol–water partition coefficient (Wildman–Crippen LogP) is 4.56. The zero-order valence-corrected chi connectivity index (χ0v) is 19.8. The molecule has 11 heteroatoms. The van der Waals surface area contributed by atoms with E-state index in [0.29, 0.717) is 22.7 Å². The van der Waals surface area contributed by atoms with Gasteiger partial charge in [0.1, 0.15) is 17.7 Å². The van der Waals surface area contributed by atoms with E-state index in [4.69, 9.17) is 4.55 Å². The van der Waals surface area contributed by atoms with Crippen LogP contribution in [-0.2, 0) is 10.1 Å². The van der Waals surface area contributed by atoms with Gasteiger partial charge < -0.3 is 10.4 Å². The van der Waals surface area contributed by atoms with E-state index in [1.54, 1.807) is 18.2 Å². The minimum absolute atomic E-state index is 0.0741. The van der Waals surface area contributed by atoms with Crippen molar-refractivity contribution in [2.24, 2.45) is 0 Å². The Kier molecular flexibility index (Phi) is 7.34. The number of nitrogens with one attached hydrogen (secondary N) is 2. The maximum atomic E-state index is 13.1. The molecule has 9 nitrogen and oxygen atoms in total. The van der Waals surface area contributed by atoms with E-state index < -0.39 is 16.2 Å². The first-order valence-electron chi connectivity index (χ1n) is 10.7. The molecule has 0 amide bonds. The Morgan fingerprint density at radius 1 is 0.944 bits per heavy atom. The second-order valence-electron chi connectivity index (χ2n) is 7.75. The molecule has 3 aromatic carbocycles. The van der Waals surface area contributed by atoms with Gasteiger partial charge in [-0.3, -0.25) is 9.65 Å². The van der Waals surface area contributed by atoms with Gasteiger partial charge in [-0.1, -0.05) is 42.5 Å². The normalized spacial score (nSPS) is 12.0. The van der Waals surface area contributed by atoms with Crippen molar-refractivity contribution in [2.75, 3.05) is 5.32 Å². The van der Waals surface area contributed by atoms with Crippen LogP contribution in [0.2, 0.25) is 0 Å². The van der Waals surface area contributed by atoms with E-state index in [-0.39, 0.29) is 16.5 Å². The second-order valence-corrected chi connectivity index (χ2v) is 9.17. The van der Waals surface area contributed by atoms with Crippen LogP contribution in [0.25, 0.3) is 10.9 Å². The highest BCUT2D eigenvalue weighted by atomic mass is 32.2. The zero-order chi connectivity index (χ0) is 25.7. The first kappa shape index (κ1) is 24.9. The number of rotatable bonds is 5. The van der Waals surface area contributed by atoms with Gasteiger partial charge in [0.2, 0.25) is 0 Å². The van der Waals surface area contributed by atoms with Crippen LogP contribution in [0.3, 0.4) is 0 Å². The van der Waals surface area contributed by atoms with E-state index in [9.17, 15) is 17.9 Å². The number of aliphatic hydroxyl groups excluding tert-OH is 1. The van der Waals surface area contributed by atoms with E-state index in [1.807, 2.05) is 37.3 Å². The standard InChI is InChI=1S/C19H16FN5O.C6H6O3S/c1-11-10-16(25-24-11)22-18-14-4-2-3-5-15(14)21-19(23-18)17(26)12-6-8-13(20)9-7-12;7-10(8,9)6-4-2-1-3-5-6/h2-10,17,26H,1H3,(H2,21,22,23,24,25);1-5H,(H,7,8,9)/t17-;/m0./s1. The number of nitrogens with zero attached hydrogens (tertiary/aromatic N) is 3. The average Bonchev–Trinajstić information content (AvgIpc) is 3.29. The Labute approximate surface area is 206 Å². The van der Waals surface area contributed by atoms with Crippen LogP contribution in [-0.4, -0.2) is 38.2 Å². The Morgan fingerprint density at radius 2 is 1.61 bits per heavy atom. The van der Waals surface area contributed by atoms with E-state index in [1.165, 1.54) is 36.4 Å². The number of aliphatic hydroxyl groups is 1. The summed E-state index contributed by atoms with van der Waals surface area (Å²) < 4.78 is 42.4. The Morgan fingerprint density at radius 3 is 2.22 bits per heavy atom. The fourth-order valence-corrected chi connectivity index (χ4v) is 3.80. The topological polar surface area (TPSA) is 141 Å². The summed E-state index contributed by atoms with van der Waals surface area (Å²) in [5.41, 5.74) is 2.12. The van der Waals surface area contributed by atoms with Crippen LogP contribution < -0.4 is 5.32 Å². The monoisotopic (exact) mass is 507 g/mol. The molecular weight excluding hydrogens is 485 g/mol. The van der Waals surface area contributed by atoms with Gasteiger partial charge in [0.25, 0.3) is 10.1 Å². The fourth-order valence-electron chi connectivity index (χ4n) is 3.30. The Bertz CT molecular complexity index is 1580. The third-order valence-electron chi connectivity index (χ3n) is 5.04. The van der Waals surface area contributed by atoms with Crippen molar-refractivity contribution in [3.05, 3.63) is 108 Å². The summed E-state index contributed by atoms with van der Waals surface area (Å²) in [6.07, 6.45) is -1.07. The molecule has 0 unspecified atom stereocenters. The quantitative estimate of drug-likeness (QED) is 0.254. The number of halogens is 1. The van der Waals surface area contributed by atoms with Crippen molar-refractivity contribution in [3.8, 4) is 0 Å². The number of hydrogen-bond donors (Lipinski definition) is 4. The number of H-pyrrole nitrogens is 1. The van der Waals surface area contributed by atoms with Gasteiger partial charge in [-0.25, -0.2) is 14.4 Å². The molecule has 0 fully saturated rings. The van der Waals surface area contributed by atoms with Crippen molar-refractivity contribution in [3.63, 3.8) is 0 Å². The Balaban J connectivity index is 0.000000256. The van der Waals surface area contributed by atoms with E-state index in [2.05, 4.69) is 25.5 Å².